The molecule has 1 aromatic heterocycles. The SMILES string of the molecule is O=C(c1n[nH]c2ccccc12)N1CCN(CCc2ccccc2Cl)CC1. The van der Waals surface area contributed by atoms with E-state index in [0.29, 0.717) is 5.69 Å². The van der Waals surface area contributed by atoms with E-state index in [4.69, 9.17) is 11.6 Å². The summed E-state index contributed by atoms with van der Waals surface area (Å²) in [5.41, 5.74) is 2.59. The molecule has 1 aliphatic rings. The van der Waals surface area contributed by atoms with Crippen molar-refractivity contribution < 1.29 is 4.79 Å². The van der Waals surface area contributed by atoms with E-state index < -0.39 is 0 Å². The Bertz CT molecular complexity index is 915. The number of hydrogen-bond donors (Lipinski definition) is 1. The van der Waals surface area contributed by atoms with E-state index in [0.717, 1.165) is 55.1 Å². The smallest absolute Gasteiger partial charge is 0.275 e. The number of aromatic nitrogens is 2. The minimum atomic E-state index is 0.00760. The number of aromatic amines is 1. The summed E-state index contributed by atoms with van der Waals surface area (Å²) in [6.45, 7) is 4.15. The van der Waals surface area contributed by atoms with Gasteiger partial charge in [-0.15, -0.1) is 0 Å². The second kappa shape index (κ2) is 7.48. The largest absolute Gasteiger partial charge is 0.335 e. The van der Waals surface area contributed by atoms with Gasteiger partial charge in [0, 0.05) is 43.1 Å². The number of piperazine rings is 1. The number of benzene rings is 2. The summed E-state index contributed by atoms with van der Waals surface area (Å²) in [7, 11) is 0. The molecule has 1 N–H and O–H groups in total. The van der Waals surface area contributed by atoms with Gasteiger partial charge in [-0.1, -0.05) is 48.0 Å². The molecule has 0 bridgehead atoms. The fraction of sp³-hybridized carbons (Fsp3) is 0.300. The normalized spacial score (nSPS) is 15.5. The summed E-state index contributed by atoms with van der Waals surface area (Å²) < 4.78 is 0. The lowest BCUT2D eigenvalue weighted by atomic mass is 10.1. The van der Waals surface area contributed by atoms with Gasteiger partial charge in [0.1, 0.15) is 0 Å². The number of hydrogen-bond acceptors (Lipinski definition) is 3. The van der Waals surface area contributed by atoms with Crippen LogP contribution in [0.4, 0.5) is 0 Å². The first-order valence-corrected chi connectivity index (χ1v) is 9.28. The maximum absolute atomic E-state index is 12.8. The van der Waals surface area contributed by atoms with Crippen LogP contribution in [0.15, 0.2) is 48.5 Å². The third-order valence-electron chi connectivity index (χ3n) is 4.99. The van der Waals surface area contributed by atoms with Crippen LogP contribution in [-0.4, -0.2) is 58.6 Å². The summed E-state index contributed by atoms with van der Waals surface area (Å²) in [5.74, 6) is 0.00760. The van der Waals surface area contributed by atoms with Crippen LogP contribution in [0, 0.1) is 0 Å². The average Bonchev–Trinajstić information content (AvgIpc) is 3.11. The summed E-state index contributed by atoms with van der Waals surface area (Å²) in [5, 5.41) is 8.88. The van der Waals surface area contributed by atoms with Crippen molar-refractivity contribution in [1.29, 1.82) is 0 Å². The highest BCUT2D eigenvalue weighted by molar-refractivity contribution is 6.31. The van der Waals surface area contributed by atoms with Crippen LogP contribution in [-0.2, 0) is 6.42 Å². The molecule has 6 heteroatoms. The van der Waals surface area contributed by atoms with Gasteiger partial charge in [-0.2, -0.15) is 5.10 Å². The molecule has 3 aromatic rings. The van der Waals surface area contributed by atoms with Crippen LogP contribution in [0.5, 0.6) is 0 Å². The van der Waals surface area contributed by atoms with Gasteiger partial charge < -0.3 is 4.90 Å². The van der Waals surface area contributed by atoms with Crippen LogP contribution in [0.25, 0.3) is 10.9 Å². The quantitative estimate of drug-likeness (QED) is 0.769. The Morgan fingerprint density at radius 1 is 1.04 bits per heavy atom. The van der Waals surface area contributed by atoms with E-state index in [2.05, 4.69) is 21.2 Å². The molecular formula is C20H21ClN4O. The number of halogens is 1. The molecule has 0 radical (unpaired) electrons. The molecule has 1 fully saturated rings. The highest BCUT2D eigenvalue weighted by Crippen LogP contribution is 2.19. The second-order valence-corrected chi connectivity index (χ2v) is 7.00. The highest BCUT2D eigenvalue weighted by atomic mass is 35.5. The molecule has 1 saturated heterocycles. The molecular weight excluding hydrogens is 348 g/mol. The van der Waals surface area contributed by atoms with Crippen LogP contribution in [0.1, 0.15) is 16.1 Å². The van der Waals surface area contributed by atoms with Crippen LogP contribution < -0.4 is 0 Å². The van der Waals surface area contributed by atoms with Crippen LogP contribution >= 0.6 is 11.6 Å². The fourth-order valence-corrected chi connectivity index (χ4v) is 3.66. The van der Waals surface area contributed by atoms with Gasteiger partial charge >= 0.3 is 0 Å². The molecule has 0 aliphatic carbocycles. The van der Waals surface area contributed by atoms with Crippen molar-refractivity contribution in [3.05, 3.63) is 64.8 Å². The zero-order valence-electron chi connectivity index (χ0n) is 14.5. The Hall–Kier alpha value is -2.37. The predicted octanol–water partition coefficient (Wildman–Crippen LogP) is 3.22. The first-order valence-electron chi connectivity index (χ1n) is 8.90. The summed E-state index contributed by atoms with van der Waals surface area (Å²) >= 11 is 6.23. The van der Waals surface area contributed by atoms with E-state index >= 15 is 0 Å². The molecule has 0 saturated carbocycles. The Morgan fingerprint density at radius 3 is 2.58 bits per heavy atom. The molecule has 26 heavy (non-hydrogen) atoms. The Balaban J connectivity index is 1.35. The van der Waals surface area contributed by atoms with E-state index in [1.807, 2.05) is 47.4 Å². The molecule has 5 nitrogen and oxygen atoms in total. The van der Waals surface area contributed by atoms with Crippen molar-refractivity contribution in [3.63, 3.8) is 0 Å². The van der Waals surface area contributed by atoms with Gasteiger partial charge in [-0.3, -0.25) is 14.8 Å². The zero-order valence-corrected chi connectivity index (χ0v) is 15.2. The van der Waals surface area contributed by atoms with Crippen molar-refractivity contribution in [1.82, 2.24) is 20.0 Å². The number of carbonyl (C=O) groups is 1. The van der Waals surface area contributed by atoms with Crippen molar-refractivity contribution in [3.8, 4) is 0 Å². The highest BCUT2D eigenvalue weighted by Gasteiger charge is 2.25. The zero-order chi connectivity index (χ0) is 17.9. The van der Waals surface area contributed by atoms with E-state index in [9.17, 15) is 4.79 Å². The van der Waals surface area contributed by atoms with Crippen LogP contribution in [0.2, 0.25) is 5.02 Å². The van der Waals surface area contributed by atoms with Crippen molar-refractivity contribution in [2.75, 3.05) is 32.7 Å². The van der Waals surface area contributed by atoms with Gasteiger partial charge in [-0.05, 0) is 24.1 Å². The first kappa shape index (κ1) is 17.1. The lowest BCUT2D eigenvalue weighted by Gasteiger charge is -2.34. The van der Waals surface area contributed by atoms with E-state index in [-0.39, 0.29) is 5.91 Å². The minimum Gasteiger partial charge on any atom is -0.335 e. The molecule has 4 rings (SSSR count). The number of nitrogens with zero attached hydrogens (tertiary/aromatic N) is 3. The third-order valence-corrected chi connectivity index (χ3v) is 5.36. The lowest BCUT2D eigenvalue weighted by Crippen LogP contribution is -2.49. The van der Waals surface area contributed by atoms with Crippen molar-refractivity contribution in [2.45, 2.75) is 6.42 Å². The number of rotatable bonds is 4. The fourth-order valence-electron chi connectivity index (χ4n) is 3.43. The van der Waals surface area contributed by atoms with Crippen LogP contribution in [0.3, 0.4) is 0 Å². The molecule has 2 heterocycles. The molecule has 134 valence electrons. The summed E-state index contributed by atoms with van der Waals surface area (Å²) in [6, 6.07) is 15.7. The number of amides is 1. The standard InChI is InChI=1S/C20H21ClN4O/c21-17-7-3-1-5-15(17)9-10-24-11-13-25(14-12-24)20(26)19-16-6-2-4-8-18(16)22-23-19/h1-8H,9-14H2,(H,22,23). The Labute approximate surface area is 157 Å². The lowest BCUT2D eigenvalue weighted by molar-refractivity contribution is 0.0634. The molecule has 1 amide bonds. The van der Waals surface area contributed by atoms with Gasteiger partial charge in [-0.25, -0.2) is 0 Å². The number of para-hydroxylation sites is 1. The molecule has 0 atom stereocenters. The number of carbonyl (C=O) groups excluding carboxylic acids is 1. The monoisotopic (exact) mass is 368 g/mol. The van der Waals surface area contributed by atoms with E-state index in [1.165, 1.54) is 5.56 Å². The Morgan fingerprint density at radius 2 is 1.77 bits per heavy atom. The van der Waals surface area contributed by atoms with Gasteiger partial charge in [0.2, 0.25) is 0 Å². The minimum absolute atomic E-state index is 0.00760. The van der Waals surface area contributed by atoms with E-state index in [1.54, 1.807) is 0 Å². The van der Waals surface area contributed by atoms with Gasteiger partial charge in [0.15, 0.2) is 5.69 Å². The molecule has 1 aliphatic heterocycles. The molecule has 2 aromatic carbocycles. The third kappa shape index (κ3) is 3.45. The first-order chi connectivity index (χ1) is 12.7. The summed E-state index contributed by atoms with van der Waals surface area (Å²) in [6.07, 6.45) is 0.928. The number of fused-ring (bicyclic) bond motifs is 1. The van der Waals surface area contributed by atoms with Gasteiger partial charge in [0.25, 0.3) is 5.91 Å². The topological polar surface area (TPSA) is 52.2 Å². The van der Waals surface area contributed by atoms with Crippen molar-refractivity contribution >= 4 is 28.4 Å². The maximum Gasteiger partial charge on any atom is 0.275 e. The number of nitrogens with one attached hydrogen (secondary N) is 1. The van der Waals surface area contributed by atoms with Gasteiger partial charge in [0.05, 0.1) is 5.52 Å². The van der Waals surface area contributed by atoms with Crippen molar-refractivity contribution in [2.24, 2.45) is 0 Å². The predicted molar refractivity (Wildman–Crippen MR) is 104 cm³/mol. The maximum atomic E-state index is 12.8. The number of H-pyrrole nitrogens is 1. The average molecular weight is 369 g/mol. The molecule has 0 unspecified atom stereocenters. The Kier molecular flexibility index (Phi) is 4.91. The second-order valence-electron chi connectivity index (χ2n) is 6.59. The summed E-state index contributed by atoms with van der Waals surface area (Å²) in [4.78, 5) is 17.1. The molecule has 0 spiro atoms.